The average molecular weight is 526 g/mol. The van der Waals surface area contributed by atoms with Gasteiger partial charge in [-0.1, -0.05) is 36.4 Å². The largest absolute Gasteiger partial charge is 0.495 e. The van der Waals surface area contributed by atoms with Crippen molar-refractivity contribution < 1.29 is 42.1 Å². The Morgan fingerprint density at radius 3 is 2.50 bits per heavy atom. The normalized spacial score (nSPS) is 16.8. The summed E-state index contributed by atoms with van der Waals surface area (Å²) in [5.41, 5.74) is -2.00. The summed E-state index contributed by atoms with van der Waals surface area (Å²) in [7, 11) is 1.32. The number of halogens is 3. The van der Waals surface area contributed by atoms with Gasteiger partial charge in [-0.2, -0.15) is 13.2 Å². The van der Waals surface area contributed by atoms with E-state index >= 15 is 0 Å². The zero-order chi connectivity index (χ0) is 27.2. The molecule has 13 heteroatoms. The molecule has 1 aromatic heterocycles. The van der Waals surface area contributed by atoms with Gasteiger partial charge in [0.1, 0.15) is 5.75 Å². The summed E-state index contributed by atoms with van der Waals surface area (Å²) in [6.45, 7) is 0. The molecular weight excluding hydrogens is 509 g/mol. The van der Waals surface area contributed by atoms with Gasteiger partial charge >= 0.3 is 18.2 Å². The Bertz CT molecular complexity index is 1600. The molecule has 0 spiro atoms. The Morgan fingerprint density at radius 2 is 1.79 bits per heavy atom. The van der Waals surface area contributed by atoms with Crippen molar-refractivity contribution in [2.45, 2.75) is 11.9 Å². The second-order valence-electron chi connectivity index (χ2n) is 8.14. The molecule has 194 valence electrons. The number of carbonyl (C=O) groups excluding carboxylic acids is 2. The summed E-state index contributed by atoms with van der Waals surface area (Å²) in [6, 6.07) is 16.0. The molecule has 5 rings (SSSR count). The number of anilines is 2. The smallest absolute Gasteiger partial charge is 0.491 e. The number of H-pyrrole nitrogens is 1. The van der Waals surface area contributed by atoms with E-state index in [1.807, 2.05) is 0 Å². The highest BCUT2D eigenvalue weighted by molar-refractivity contribution is 6.13. The van der Waals surface area contributed by atoms with Crippen molar-refractivity contribution >= 4 is 40.6 Å². The first kappa shape index (κ1) is 24.6. The third kappa shape index (κ3) is 3.84. The van der Waals surface area contributed by atoms with E-state index in [1.165, 1.54) is 61.7 Å². The lowest BCUT2D eigenvalue weighted by molar-refractivity contribution is -0.211. The lowest BCUT2D eigenvalue weighted by Crippen LogP contribution is -2.50. The number of aromatic amines is 1. The SMILES string of the molecule is COc1ccccc1N1C(=O)c2ccccc2C1(OC(=O)C(F)(F)F)c1ccc2[nH]c(NC(=O)O)nc2c1. The van der Waals surface area contributed by atoms with E-state index in [2.05, 4.69) is 15.3 Å². The number of nitrogens with one attached hydrogen (secondary N) is 2. The number of benzene rings is 3. The maximum absolute atomic E-state index is 13.8. The summed E-state index contributed by atoms with van der Waals surface area (Å²) in [4.78, 5) is 45.0. The van der Waals surface area contributed by atoms with Gasteiger partial charge in [0.15, 0.2) is 0 Å². The van der Waals surface area contributed by atoms with Gasteiger partial charge in [-0.05, 0) is 30.3 Å². The fourth-order valence-electron chi connectivity index (χ4n) is 4.46. The summed E-state index contributed by atoms with van der Waals surface area (Å²) in [6.07, 6.45) is -6.78. The molecule has 2 amide bonds. The zero-order valence-corrected chi connectivity index (χ0v) is 19.4. The quantitative estimate of drug-likeness (QED) is 0.323. The van der Waals surface area contributed by atoms with E-state index in [-0.39, 0.29) is 39.6 Å². The first-order valence-corrected chi connectivity index (χ1v) is 10.9. The van der Waals surface area contributed by atoms with Crippen LogP contribution in [0.2, 0.25) is 0 Å². The fraction of sp³-hybridized carbons (Fsp3) is 0.120. The minimum atomic E-state index is -5.39. The molecule has 10 nitrogen and oxygen atoms in total. The van der Waals surface area contributed by atoms with Crippen LogP contribution in [-0.4, -0.2) is 46.3 Å². The third-order valence-corrected chi connectivity index (χ3v) is 5.94. The van der Waals surface area contributed by atoms with Crippen LogP contribution in [0.15, 0.2) is 66.7 Å². The molecule has 0 saturated carbocycles. The highest BCUT2D eigenvalue weighted by Gasteiger charge is 2.58. The number of fused-ring (bicyclic) bond motifs is 2. The highest BCUT2D eigenvalue weighted by atomic mass is 19.4. The van der Waals surface area contributed by atoms with Crippen LogP contribution >= 0.6 is 0 Å². The van der Waals surface area contributed by atoms with Gasteiger partial charge in [-0.15, -0.1) is 0 Å². The van der Waals surface area contributed by atoms with Gasteiger partial charge < -0.3 is 19.6 Å². The first-order valence-electron chi connectivity index (χ1n) is 10.9. The van der Waals surface area contributed by atoms with Crippen LogP contribution in [0.4, 0.5) is 29.6 Å². The summed E-state index contributed by atoms with van der Waals surface area (Å²) >= 11 is 0. The van der Waals surface area contributed by atoms with Crippen molar-refractivity contribution in [3.8, 4) is 5.75 Å². The number of nitrogens with zero attached hydrogens (tertiary/aromatic N) is 2. The lowest BCUT2D eigenvalue weighted by atomic mass is 9.92. The number of alkyl halides is 3. The average Bonchev–Trinajstić information content (AvgIpc) is 3.38. The second-order valence-corrected chi connectivity index (χ2v) is 8.14. The molecule has 38 heavy (non-hydrogen) atoms. The first-order chi connectivity index (χ1) is 18.1. The molecular formula is C25H17F3N4O6. The lowest BCUT2D eigenvalue weighted by Gasteiger charge is -2.39. The van der Waals surface area contributed by atoms with Crippen molar-refractivity contribution in [2.24, 2.45) is 0 Å². The van der Waals surface area contributed by atoms with Crippen molar-refractivity contribution in [2.75, 3.05) is 17.3 Å². The molecule has 0 saturated heterocycles. The minimum Gasteiger partial charge on any atom is -0.495 e. The van der Waals surface area contributed by atoms with Crippen molar-refractivity contribution in [3.63, 3.8) is 0 Å². The Balaban J connectivity index is 1.83. The maximum Gasteiger partial charge on any atom is 0.491 e. The Labute approximate surface area is 211 Å². The van der Waals surface area contributed by atoms with Crippen LogP contribution < -0.4 is 15.0 Å². The van der Waals surface area contributed by atoms with Gasteiger partial charge in [-0.3, -0.25) is 15.0 Å². The van der Waals surface area contributed by atoms with E-state index in [1.54, 1.807) is 12.1 Å². The number of aromatic nitrogens is 2. The standard InChI is InChI=1S/C25H17F3N4O6/c1-37-19-9-5-4-8-18(19)32-20(33)14-6-2-3-7-15(14)24(32,38-21(34)25(26,27)28)13-10-11-16-17(12-13)30-22(29-16)31-23(35)36/h2-12H,1H3,(H,35,36)(H2,29,30,31). The maximum atomic E-state index is 13.8. The van der Waals surface area contributed by atoms with E-state index < -0.39 is 29.9 Å². The molecule has 1 atom stereocenters. The summed E-state index contributed by atoms with van der Waals surface area (Å²) < 4.78 is 51.5. The Hall–Kier alpha value is -5.07. The van der Waals surface area contributed by atoms with Gasteiger partial charge in [-0.25, -0.2) is 14.6 Å². The van der Waals surface area contributed by atoms with Crippen molar-refractivity contribution in [1.29, 1.82) is 0 Å². The van der Waals surface area contributed by atoms with Crippen LogP contribution in [0, 0.1) is 0 Å². The van der Waals surface area contributed by atoms with Crippen LogP contribution in [0.1, 0.15) is 21.5 Å². The summed E-state index contributed by atoms with van der Waals surface area (Å²) in [5, 5.41) is 11.0. The molecule has 0 fully saturated rings. The Morgan fingerprint density at radius 1 is 1.08 bits per heavy atom. The van der Waals surface area contributed by atoms with Gasteiger partial charge in [0.05, 0.1) is 23.8 Å². The fourth-order valence-corrected chi connectivity index (χ4v) is 4.46. The molecule has 1 unspecified atom stereocenters. The number of ether oxygens (including phenoxy) is 2. The highest BCUT2D eigenvalue weighted by Crippen LogP contribution is 2.50. The second kappa shape index (κ2) is 8.80. The molecule has 2 heterocycles. The molecule has 1 aliphatic rings. The predicted octanol–water partition coefficient (Wildman–Crippen LogP) is 4.63. The third-order valence-electron chi connectivity index (χ3n) is 5.94. The van der Waals surface area contributed by atoms with Gasteiger partial charge in [0.2, 0.25) is 11.7 Å². The van der Waals surface area contributed by atoms with Crippen molar-refractivity contribution in [3.05, 3.63) is 83.4 Å². The van der Waals surface area contributed by atoms with E-state index in [0.29, 0.717) is 5.52 Å². The number of esters is 1. The van der Waals surface area contributed by atoms with Gasteiger partial charge in [0.25, 0.3) is 5.91 Å². The molecule has 3 N–H and O–H groups in total. The number of hydrogen-bond acceptors (Lipinski definition) is 6. The molecule has 3 aromatic carbocycles. The monoisotopic (exact) mass is 526 g/mol. The van der Waals surface area contributed by atoms with E-state index in [4.69, 9.17) is 14.6 Å². The van der Waals surface area contributed by atoms with E-state index in [0.717, 1.165) is 4.90 Å². The zero-order valence-electron chi connectivity index (χ0n) is 19.4. The Kier molecular flexibility index (Phi) is 5.70. The summed E-state index contributed by atoms with van der Waals surface area (Å²) in [5.74, 6) is -3.28. The minimum absolute atomic E-state index is 0.00346. The molecule has 1 aliphatic heterocycles. The number of carboxylic acid groups (broad SMARTS) is 1. The number of para-hydroxylation sites is 2. The molecule has 0 aliphatic carbocycles. The van der Waals surface area contributed by atoms with Crippen LogP contribution in [0.25, 0.3) is 11.0 Å². The topological polar surface area (TPSA) is 134 Å². The van der Waals surface area contributed by atoms with Crippen LogP contribution in [0.5, 0.6) is 5.75 Å². The molecule has 4 aromatic rings. The number of imidazole rings is 1. The number of carbonyl (C=O) groups is 3. The number of methoxy groups -OCH3 is 1. The van der Waals surface area contributed by atoms with Crippen LogP contribution in [0.3, 0.4) is 0 Å². The predicted molar refractivity (Wildman–Crippen MR) is 127 cm³/mol. The molecule has 0 radical (unpaired) electrons. The number of amides is 2. The number of rotatable bonds is 5. The number of hydrogen-bond donors (Lipinski definition) is 3. The van der Waals surface area contributed by atoms with Crippen LogP contribution in [-0.2, 0) is 15.3 Å². The molecule has 0 bridgehead atoms. The van der Waals surface area contributed by atoms with Gasteiger partial charge in [0, 0.05) is 16.7 Å². The van der Waals surface area contributed by atoms with Crippen molar-refractivity contribution in [1.82, 2.24) is 9.97 Å². The van der Waals surface area contributed by atoms with E-state index in [9.17, 15) is 27.6 Å².